The Hall–Kier alpha value is -2.08. The number of nitrogens with zero attached hydrogens (tertiary/aromatic N) is 2. The normalized spacial score (nSPS) is 16.1. The standard InChI is InChI=1S/C19H28N4O2/c1-24-16-9-7-15(8-10-16)19(11-3-4-12-19)14-21-18-23-22-17(25-18)6-2-5-13-20/h7-10H,2-6,11-14,20H2,1H3,(H,21,23). The van der Waals surface area contributed by atoms with E-state index >= 15 is 0 Å². The minimum Gasteiger partial charge on any atom is -0.497 e. The summed E-state index contributed by atoms with van der Waals surface area (Å²) in [6.07, 6.45) is 7.59. The molecule has 1 aliphatic rings. The first-order valence-corrected chi connectivity index (χ1v) is 9.17. The number of hydrogen-bond donors (Lipinski definition) is 2. The second-order valence-corrected chi connectivity index (χ2v) is 6.82. The van der Waals surface area contributed by atoms with Gasteiger partial charge in [0, 0.05) is 18.4 Å². The molecule has 1 fully saturated rings. The molecule has 1 heterocycles. The summed E-state index contributed by atoms with van der Waals surface area (Å²) in [5, 5.41) is 11.6. The summed E-state index contributed by atoms with van der Waals surface area (Å²) in [4.78, 5) is 0. The van der Waals surface area contributed by atoms with Crippen molar-refractivity contribution in [2.75, 3.05) is 25.5 Å². The fourth-order valence-electron chi connectivity index (χ4n) is 3.66. The van der Waals surface area contributed by atoms with Gasteiger partial charge in [0.2, 0.25) is 5.89 Å². The highest BCUT2D eigenvalue weighted by Gasteiger charge is 2.35. The largest absolute Gasteiger partial charge is 0.497 e. The first-order valence-electron chi connectivity index (χ1n) is 9.17. The summed E-state index contributed by atoms with van der Waals surface area (Å²) in [6, 6.07) is 8.95. The second kappa shape index (κ2) is 8.34. The first kappa shape index (κ1) is 17.7. The molecule has 0 saturated heterocycles. The van der Waals surface area contributed by atoms with E-state index in [-0.39, 0.29) is 5.41 Å². The average Bonchev–Trinajstić information content (AvgIpc) is 3.30. The van der Waals surface area contributed by atoms with E-state index in [1.807, 2.05) is 12.1 Å². The molecule has 0 unspecified atom stereocenters. The van der Waals surface area contributed by atoms with Crippen molar-refractivity contribution in [2.45, 2.75) is 50.4 Å². The lowest BCUT2D eigenvalue weighted by Gasteiger charge is -2.29. The monoisotopic (exact) mass is 344 g/mol. The van der Waals surface area contributed by atoms with E-state index in [1.165, 1.54) is 31.2 Å². The predicted octanol–water partition coefficient (Wildman–Crippen LogP) is 3.28. The van der Waals surface area contributed by atoms with Crippen molar-refractivity contribution in [1.82, 2.24) is 10.2 Å². The molecule has 0 spiro atoms. The van der Waals surface area contributed by atoms with Crippen molar-refractivity contribution < 1.29 is 9.15 Å². The fraction of sp³-hybridized carbons (Fsp3) is 0.579. The van der Waals surface area contributed by atoms with Gasteiger partial charge >= 0.3 is 6.01 Å². The van der Waals surface area contributed by atoms with Crippen LogP contribution in [0.25, 0.3) is 0 Å². The molecule has 1 aromatic carbocycles. The number of rotatable bonds is 9. The van der Waals surface area contributed by atoms with Crippen molar-refractivity contribution in [3.8, 4) is 5.75 Å². The van der Waals surface area contributed by atoms with Crippen molar-refractivity contribution in [3.05, 3.63) is 35.7 Å². The van der Waals surface area contributed by atoms with Gasteiger partial charge in [-0.25, -0.2) is 0 Å². The molecule has 25 heavy (non-hydrogen) atoms. The zero-order chi connectivity index (χ0) is 17.5. The Kier molecular flexibility index (Phi) is 5.91. The van der Waals surface area contributed by atoms with E-state index in [4.69, 9.17) is 14.9 Å². The first-order chi connectivity index (χ1) is 12.3. The second-order valence-electron chi connectivity index (χ2n) is 6.82. The minimum absolute atomic E-state index is 0.125. The highest BCUT2D eigenvalue weighted by molar-refractivity contribution is 5.35. The number of methoxy groups -OCH3 is 1. The van der Waals surface area contributed by atoms with Gasteiger partial charge in [-0.05, 0) is 49.9 Å². The number of aryl methyl sites for hydroxylation is 1. The smallest absolute Gasteiger partial charge is 0.315 e. The summed E-state index contributed by atoms with van der Waals surface area (Å²) >= 11 is 0. The Labute approximate surface area is 149 Å². The quantitative estimate of drug-likeness (QED) is 0.679. The molecular formula is C19H28N4O2. The van der Waals surface area contributed by atoms with Crippen LogP contribution in [0.1, 0.15) is 50.0 Å². The number of hydrogen-bond acceptors (Lipinski definition) is 6. The number of nitrogens with two attached hydrogens (primary N) is 1. The van der Waals surface area contributed by atoms with Gasteiger partial charge < -0.3 is 20.2 Å². The highest BCUT2D eigenvalue weighted by Crippen LogP contribution is 2.41. The van der Waals surface area contributed by atoms with Crippen LogP contribution >= 0.6 is 0 Å². The molecule has 6 nitrogen and oxygen atoms in total. The third-order valence-electron chi connectivity index (χ3n) is 5.15. The molecule has 3 N–H and O–H groups in total. The third-order valence-corrected chi connectivity index (χ3v) is 5.15. The SMILES string of the molecule is COc1ccc(C2(CNc3nnc(CCCCN)o3)CCCC2)cc1. The van der Waals surface area contributed by atoms with Gasteiger partial charge in [-0.1, -0.05) is 30.1 Å². The lowest BCUT2D eigenvalue weighted by atomic mass is 9.79. The van der Waals surface area contributed by atoms with Gasteiger partial charge in [-0.2, -0.15) is 0 Å². The molecular weight excluding hydrogens is 316 g/mol. The van der Waals surface area contributed by atoms with E-state index in [9.17, 15) is 0 Å². The Bertz CT molecular complexity index is 648. The topological polar surface area (TPSA) is 86.2 Å². The van der Waals surface area contributed by atoms with Crippen LogP contribution in [0, 0.1) is 0 Å². The van der Waals surface area contributed by atoms with Crippen LogP contribution in [-0.2, 0) is 11.8 Å². The van der Waals surface area contributed by atoms with Gasteiger partial charge in [0.1, 0.15) is 5.75 Å². The van der Waals surface area contributed by atoms with Crippen LogP contribution in [0.5, 0.6) is 5.75 Å². The number of anilines is 1. The maximum Gasteiger partial charge on any atom is 0.315 e. The van der Waals surface area contributed by atoms with E-state index in [0.29, 0.717) is 18.5 Å². The van der Waals surface area contributed by atoms with Gasteiger partial charge in [-0.3, -0.25) is 0 Å². The summed E-state index contributed by atoms with van der Waals surface area (Å²) in [5.41, 5.74) is 6.99. The van der Waals surface area contributed by atoms with Crippen molar-refractivity contribution in [2.24, 2.45) is 5.73 Å². The maximum absolute atomic E-state index is 5.71. The number of benzene rings is 1. The van der Waals surface area contributed by atoms with Gasteiger partial charge in [-0.15, -0.1) is 5.10 Å². The number of ether oxygens (including phenoxy) is 1. The van der Waals surface area contributed by atoms with Crippen LogP contribution in [-0.4, -0.2) is 30.4 Å². The van der Waals surface area contributed by atoms with Crippen LogP contribution in [0.3, 0.4) is 0 Å². The van der Waals surface area contributed by atoms with Crippen molar-refractivity contribution >= 4 is 6.01 Å². The molecule has 1 saturated carbocycles. The zero-order valence-electron chi connectivity index (χ0n) is 15.0. The van der Waals surface area contributed by atoms with E-state index < -0.39 is 0 Å². The fourth-order valence-corrected chi connectivity index (χ4v) is 3.66. The van der Waals surface area contributed by atoms with Gasteiger partial charge in [0.15, 0.2) is 0 Å². The lowest BCUT2D eigenvalue weighted by molar-refractivity contribution is 0.412. The zero-order valence-corrected chi connectivity index (χ0v) is 15.0. The summed E-state index contributed by atoms with van der Waals surface area (Å²) < 4.78 is 11.0. The predicted molar refractivity (Wildman–Crippen MR) is 97.9 cm³/mol. The van der Waals surface area contributed by atoms with Crippen molar-refractivity contribution in [3.63, 3.8) is 0 Å². The summed E-state index contributed by atoms with van der Waals surface area (Å²) in [5.74, 6) is 1.57. The third kappa shape index (κ3) is 4.31. The average molecular weight is 344 g/mol. The molecule has 136 valence electrons. The van der Waals surface area contributed by atoms with Crippen LogP contribution in [0.2, 0.25) is 0 Å². The molecule has 1 aliphatic carbocycles. The van der Waals surface area contributed by atoms with Crippen molar-refractivity contribution in [1.29, 1.82) is 0 Å². The molecule has 0 atom stereocenters. The Morgan fingerprint density at radius 2 is 1.92 bits per heavy atom. The summed E-state index contributed by atoms with van der Waals surface area (Å²) in [6.45, 7) is 1.51. The van der Waals surface area contributed by atoms with Crippen LogP contribution in [0.4, 0.5) is 6.01 Å². The molecule has 6 heteroatoms. The Morgan fingerprint density at radius 1 is 1.16 bits per heavy atom. The van der Waals surface area contributed by atoms with E-state index in [1.54, 1.807) is 7.11 Å². The van der Waals surface area contributed by atoms with Gasteiger partial charge in [0.25, 0.3) is 0 Å². The van der Waals surface area contributed by atoms with E-state index in [2.05, 4.69) is 27.6 Å². The summed E-state index contributed by atoms with van der Waals surface area (Å²) in [7, 11) is 1.70. The minimum atomic E-state index is 0.125. The van der Waals surface area contributed by atoms with Crippen LogP contribution < -0.4 is 15.8 Å². The number of nitrogens with one attached hydrogen (secondary N) is 1. The Balaban J connectivity index is 1.64. The molecule has 0 aliphatic heterocycles. The number of unbranched alkanes of at least 4 members (excludes halogenated alkanes) is 1. The van der Waals surface area contributed by atoms with Gasteiger partial charge in [0.05, 0.1) is 7.11 Å². The van der Waals surface area contributed by atoms with E-state index in [0.717, 1.165) is 31.6 Å². The molecule has 2 aromatic rings. The lowest BCUT2D eigenvalue weighted by Crippen LogP contribution is -2.31. The Morgan fingerprint density at radius 3 is 2.60 bits per heavy atom. The molecule has 0 amide bonds. The maximum atomic E-state index is 5.71. The molecule has 0 radical (unpaired) electrons. The molecule has 0 bridgehead atoms. The highest BCUT2D eigenvalue weighted by atomic mass is 16.5. The molecule has 1 aromatic heterocycles. The van der Waals surface area contributed by atoms with Crippen LogP contribution in [0.15, 0.2) is 28.7 Å². The molecule has 3 rings (SSSR count). The number of aromatic nitrogens is 2.